The van der Waals surface area contributed by atoms with Gasteiger partial charge in [0.2, 0.25) is 0 Å². The highest BCUT2D eigenvalue weighted by Gasteiger charge is 2.16. The molecule has 0 aliphatic heterocycles. The first-order valence-corrected chi connectivity index (χ1v) is 9.98. The largest absolute Gasteiger partial charge is 0.398 e. The Kier molecular flexibility index (Phi) is 10.1. The van der Waals surface area contributed by atoms with Crippen molar-refractivity contribution in [1.82, 2.24) is 0 Å². The van der Waals surface area contributed by atoms with Crippen molar-refractivity contribution in [3.05, 3.63) is 69.7 Å². The molecule has 0 heterocycles. The number of rotatable bonds is 5. The van der Waals surface area contributed by atoms with Crippen LogP contribution < -0.4 is 22.9 Å². The van der Waals surface area contributed by atoms with E-state index < -0.39 is 0 Å². The van der Waals surface area contributed by atoms with E-state index in [9.17, 15) is 10.5 Å². The number of nitrogens with two attached hydrogens (primary N) is 4. The Morgan fingerprint density at radius 3 is 1.41 bits per heavy atom. The number of aliphatic hydroxyl groups excluding tert-OH is 1. The highest BCUT2D eigenvalue weighted by atomic mass is 32.2. The van der Waals surface area contributed by atoms with Crippen molar-refractivity contribution in [1.29, 1.82) is 10.5 Å². The number of nitrogen functional groups attached to an aromatic ring is 2. The van der Waals surface area contributed by atoms with Gasteiger partial charge in [-0.3, -0.25) is 0 Å². The summed E-state index contributed by atoms with van der Waals surface area (Å²) in [4.78, 5) is 1.38. The van der Waals surface area contributed by atoms with Gasteiger partial charge in [-0.25, -0.2) is 0 Å². The number of hydrogen-bond donors (Lipinski definition) is 5. The Morgan fingerprint density at radius 2 is 1.14 bits per heavy atom. The van der Waals surface area contributed by atoms with Gasteiger partial charge < -0.3 is 28.0 Å². The van der Waals surface area contributed by atoms with E-state index >= 15 is 0 Å². The summed E-state index contributed by atoms with van der Waals surface area (Å²) in [6.07, 6.45) is 0. The number of thioether (sulfide) groups is 2. The van der Waals surface area contributed by atoms with Crippen LogP contribution in [0.15, 0.2) is 79.5 Å². The molecule has 0 unspecified atom stereocenters. The molecule has 0 spiro atoms. The minimum Gasteiger partial charge on any atom is -0.398 e. The van der Waals surface area contributed by atoms with E-state index in [0.717, 1.165) is 23.5 Å². The van der Waals surface area contributed by atoms with Gasteiger partial charge in [-0.1, -0.05) is 47.8 Å². The van der Waals surface area contributed by atoms with Crippen LogP contribution in [0.3, 0.4) is 0 Å². The first-order chi connectivity index (χ1) is 13.9. The van der Waals surface area contributed by atoms with Crippen LogP contribution in [0.4, 0.5) is 11.4 Å². The molecule has 0 atom stereocenters. The zero-order valence-corrected chi connectivity index (χ0v) is 17.4. The Bertz CT molecular complexity index is 909. The highest BCUT2D eigenvalue weighted by molar-refractivity contribution is 8.03. The van der Waals surface area contributed by atoms with Crippen LogP contribution >= 0.6 is 23.5 Å². The number of nitriles is 2. The summed E-state index contributed by atoms with van der Waals surface area (Å²) < 4.78 is 0. The van der Waals surface area contributed by atoms with E-state index in [4.69, 9.17) is 28.0 Å². The van der Waals surface area contributed by atoms with Crippen LogP contribution in [0, 0.1) is 22.7 Å². The van der Waals surface area contributed by atoms with E-state index in [1.807, 2.05) is 24.3 Å². The lowest BCUT2D eigenvalue weighted by Crippen LogP contribution is -2.06. The molecule has 7 nitrogen and oxygen atoms in total. The molecule has 2 aromatic carbocycles. The molecule has 2 rings (SSSR count). The summed E-state index contributed by atoms with van der Waals surface area (Å²) in [7, 11) is 0. The average Bonchev–Trinajstić information content (AvgIpc) is 2.70. The number of anilines is 2. The number of allylic oxidation sites excluding steroid dienone is 2. The second-order valence-corrected chi connectivity index (χ2v) is 7.47. The minimum absolute atomic E-state index is 0.000237. The van der Waals surface area contributed by atoms with Gasteiger partial charge in [0.15, 0.2) is 0 Å². The third kappa shape index (κ3) is 7.01. The predicted molar refractivity (Wildman–Crippen MR) is 120 cm³/mol. The predicted octanol–water partition coefficient (Wildman–Crippen LogP) is 3.12. The van der Waals surface area contributed by atoms with Crippen molar-refractivity contribution in [2.45, 2.75) is 16.7 Å². The summed E-state index contributed by atoms with van der Waals surface area (Å²) in [5, 5.41) is 26.9. The van der Waals surface area contributed by atoms with Crippen molar-refractivity contribution >= 4 is 34.9 Å². The summed E-state index contributed by atoms with van der Waals surface area (Å²) >= 11 is 2.22. The first kappa shape index (κ1) is 23.8. The highest BCUT2D eigenvalue weighted by Crippen LogP contribution is 2.35. The lowest BCUT2D eigenvalue weighted by atomic mass is 10.1. The van der Waals surface area contributed by atoms with Crippen molar-refractivity contribution in [3.8, 4) is 12.1 Å². The molecule has 0 amide bonds. The fraction of sp³-hybridized carbons (Fsp3) is 0.100. The monoisotopic (exact) mass is 426 g/mol. The van der Waals surface area contributed by atoms with Crippen molar-refractivity contribution in [2.24, 2.45) is 11.5 Å². The van der Waals surface area contributed by atoms with Gasteiger partial charge >= 0.3 is 0 Å². The second-order valence-electron chi connectivity index (χ2n) is 5.30. The molecule has 0 saturated carbocycles. The maximum atomic E-state index is 9.51. The Balaban J connectivity index is 0.00000132. The van der Waals surface area contributed by atoms with Gasteiger partial charge in [-0.2, -0.15) is 10.5 Å². The third-order valence-corrected chi connectivity index (χ3v) is 5.28. The molecule has 0 saturated heterocycles. The van der Waals surface area contributed by atoms with E-state index in [1.165, 1.54) is 0 Å². The molecular formula is C20H22N6OS2. The van der Waals surface area contributed by atoms with Gasteiger partial charge in [-0.15, -0.1) is 0 Å². The van der Waals surface area contributed by atoms with Crippen LogP contribution in [-0.2, 0) is 0 Å². The number of hydrogen-bond acceptors (Lipinski definition) is 9. The number of benzene rings is 2. The zero-order valence-electron chi connectivity index (χ0n) is 15.8. The van der Waals surface area contributed by atoms with Crippen molar-refractivity contribution < 1.29 is 5.11 Å². The molecular weight excluding hydrogens is 404 g/mol. The molecule has 29 heavy (non-hydrogen) atoms. The lowest BCUT2D eigenvalue weighted by molar-refractivity contribution is 0.318. The van der Waals surface area contributed by atoms with Gasteiger partial charge in [0, 0.05) is 27.8 Å². The van der Waals surface area contributed by atoms with Crippen LogP contribution in [0.25, 0.3) is 0 Å². The SMILES string of the molecule is CCO.N#CC(=C(N)Sc1ccccc1N)/C(C#N)=C(/N)Sc1ccccc1N. The molecule has 0 radical (unpaired) electrons. The average molecular weight is 427 g/mol. The number of nitrogens with zero attached hydrogens (tertiary/aromatic N) is 2. The Hall–Kier alpha value is -3.24. The van der Waals surface area contributed by atoms with Gasteiger partial charge in [0.25, 0.3) is 0 Å². The maximum Gasteiger partial charge on any atom is 0.103 e. The molecule has 0 aliphatic carbocycles. The van der Waals surface area contributed by atoms with E-state index in [2.05, 4.69) is 0 Å². The summed E-state index contributed by atoms with van der Waals surface area (Å²) in [6, 6.07) is 18.1. The van der Waals surface area contributed by atoms with E-state index in [0.29, 0.717) is 21.2 Å². The van der Waals surface area contributed by atoms with Crippen LogP contribution in [0.2, 0.25) is 0 Å². The smallest absolute Gasteiger partial charge is 0.103 e. The lowest BCUT2D eigenvalue weighted by Gasteiger charge is -2.10. The molecule has 9 N–H and O–H groups in total. The number of aliphatic hydroxyl groups is 1. The summed E-state index contributed by atoms with van der Waals surface area (Å²) in [5.74, 6) is 0. The van der Waals surface area contributed by atoms with Crippen LogP contribution in [0.1, 0.15) is 6.92 Å². The molecule has 9 heteroatoms. The summed E-state index contributed by atoms with van der Waals surface area (Å²) in [5.41, 5.74) is 25.0. The van der Waals surface area contributed by atoms with Crippen LogP contribution in [-0.4, -0.2) is 11.7 Å². The van der Waals surface area contributed by atoms with Crippen LogP contribution in [0.5, 0.6) is 0 Å². The Labute approximate surface area is 178 Å². The topological polar surface area (TPSA) is 172 Å². The van der Waals surface area contributed by atoms with Gasteiger partial charge in [0.05, 0.1) is 10.1 Å². The fourth-order valence-electron chi connectivity index (χ4n) is 1.95. The maximum absolute atomic E-state index is 9.51. The van der Waals surface area contributed by atoms with Gasteiger partial charge in [0.1, 0.15) is 23.3 Å². The Morgan fingerprint density at radius 1 is 0.828 bits per heavy atom. The molecule has 0 fully saturated rings. The molecule has 0 bridgehead atoms. The van der Waals surface area contributed by atoms with Gasteiger partial charge in [-0.05, 0) is 31.2 Å². The molecule has 0 aliphatic rings. The molecule has 150 valence electrons. The molecule has 0 aromatic heterocycles. The fourth-order valence-corrected chi connectivity index (χ4v) is 3.59. The van der Waals surface area contributed by atoms with Crippen molar-refractivity contribution in [2.75, 3.05) is 18.1 Å². The van der Waals surface area contributed by atoms with E-state index in [1.54, 1.807) is 43.3 Å². The van der Waals surface area contributed by atoms with E-state index in [-0.39, 0.29) is 27.8 Å². The minimum atomic E-state index is 0.000237. The summed E-state index contributed by atoms with van der Waals surface area (Å²) in [6.45, 7) is 1.93. The number of para-hydroxylation sites is 2. The normalized spacial score (nSPS) is 11.7. The molecule has 2 aromatic rings. The first-order valence-electron chi connectivity index (χ1n) is 8.35. The standard InChI is InChI=1S/C18H16N6S2.C2H6O/c19-9-11(17(23)25-15-7-3-1-5-13(15)21)12(10-20)18(24)26-16-8-4-2-6-14(16)22;1-2-3/h1-8H,21-24H2;3H,2H2,1H3/b17-11-,18-12?;. The quantitative estimate of drug-likeness (QED) is 0.208. The third-order valence-electron chi connectivity index (χ3n) is 3.24. The zero-order chi connectivity index (χ0) is 21.8. The second kappa shape index (κ2) is 12.3. The van der Waals surface area contributed by atoms with Crippen molar-refractivity contribution in [3.63, 3.8) is 0 Å².